The van der Waals surface area contributed by atoms with Crippen LogP contribution in [0.2, 0.25) is 0 Å². The molecular formula is C16H13FN2O5. The number of halogens is 1. The van der Waals surface area contributed by atoms with Gasteiger partial charge in [-0.2, -0.15) is 0 Å². The number of carbonyl (C=O) groups is 2. The van der Waals surface area contributed by atoms with Gasteiger partial charge in [0, 0.05) is 24.9 Å². The maximum absolute atomic E-state index is 13.5. The number of rotatable bonds is 6. The van der Waals surface area contributed by atoms with Gasteiger partial charge in [-0.25, -0.2) is 9.18 Å². The summed E-state index contributed by atoms with van der Waals surface area (Å²) in [7, 11) is 1.53. The van der Waals surface area contributed by atoms with E-state index in [1.54, 1.807) is 0 Å². The van der Waals surface area contributed by atoms with Crippen LogP contribution in [-0.4, -0.2) is 30.3 Å². The first-order chi connectivity index (χ1) is 11.4. The predicted molar refractivity (Wildman–Crippen MR) is 83.7 cm³/mol. The molecule has 1 N–H and O–H groups in total. The minimum atomic E-state index is -0.923. The first kappa shape index (κ1) is 17.1. The summed E-state index contributed by atoms with van der Waals surface area (Å²) in [6, 6.07) is 8.94. The summed E-state index contributed by atoms with van der Waals surface area (Å²) in [5.41, 5.74) is -0.267. The third-order valence-corrected chi connectivity index (χ3v) is 3.21. The van der Waals surface area contributed by atoms with E-state index in [4.69, 9.17) is 4.74 Å². The van der Waals surface area contributed by atoms with Crippen molar-refractivity contribution < 1.29 is 23.6 Å². The smallest absolute Gasteiger partial charge is 0.340 e. The first-order valence-corrected chi connectivity index (χ1v) is 6.85. The molecule has 0 aliphatic heterocycles. The maximum atomic E-state index is 13.5. The van der Waals surface area contributed by atoms with Gasteiger partial charge < -0.3 is 10.1 Å². The zero-order chi connectivity index (χ0) is 17.7. The number of ketones is 1. The van der Waals surface area contributed by atoms with Crippen LogP contribution in [0.3, 0.4) is 0 Å². The molecule has 0 atom stereocenters. The fourth-order valence-electron chi connectivity index (χ4n) is 2.01. The largest absolute Gasteiger partial charge is 0.454 e. The Balaban J connectivity index is 2.15. The second kappa shape index (κ2) is 7.32. The van der Waals surface area contributed by atoms with Crippen LogP contribution in [0, 0.1) is 15.9 Å². The van der Waals surface area contributed by atoms with E-state index in [-0.39, 0.29) is 16.8 Å². The Morgan fingerprint density at radius 2 is 1.92 bits per heavy atom. The van der Waals surface area contributed by atoms with E-state index in [0.717, 1.165) is 12.1 Å². The van der Waals surface area contributed by atoms with Crippen LogP contribution in [0.15, 0.2) is 42.5 Å². The Kier molecular flexibility index (Phi) is 5.20. The molecule has 0 bridgehead atoms. The lowest BCUT2D eigenvalue weighted by Crippen LogP contribution is -2.16. The van der Waals surface area contributed by atoms with Crippen LogP contribution in [0.25, 0.3) is 0 Å². The van der Waals surface area contributed by atoms with Crippen molar-refractivity contribution in [2.75, 3.05) is 19.0 Å². The van der Waals surface area contributed by atoms with Gasteiger partial charge in [0.05, 0.1) is 16.1 Å². The normalized spacial score (nSPS) is 10.1. The summed E-state index contributed by atoms with van der Waals surface area (Å²) in [6.07, 6.45) is 0. The van der Waals surface area contributed by atoms with Crippen molar-refractivity contribution in [1.29, 1.82) is 0 Å². The lowest BCUT2D eigenvalue weighted by Gasteiger charge is -2.09. The van der Waals surface area contributed by atoms with Crippen LogP contribution in [-0.2, 0) is 4.74 Å². The van der Waals surface area contributed by atoms with E-state index >= 15 is 0 Å². The molecule has 2 rings (SSSR count). The highest BCUT2D eigenvalue weighted by Gasteiger charge is 2.19. The van der Waals surface area contributed by atoms with Gasteiger partial charge in [-0.1, -0.05) is 12.1 Å². The Morgan fingerprint density at radius 1 is 1.21 bits per heavy atom. The van der Waals surface area contributed by atoms with Crippen molar-refractivity contribution in [3.05, 3.63) is 69.5 Å². The number of nitrogens with one attached hydrogen (secondary N) is 1. The molecule has 124 valence electrons. The number of esters is 1. The average Bonchev–Trinajstić information content (AvgIpc) is 2.59. The molecule has 8 heteroatoms. The zero-order valence-electron chi connectivity index (χ0n) is 12.6. The highest BCUT2D eigenvalue weighted by Crippen LogP contribution is 2.22. The molecule has 0 heterocycles. The minimum Gasteiger partial charge on any atom is -0.454 e. The van der Waals surface area contributed by atoms with E-state index in [0.29, 0.717) is 5.69 Å². The summed E-state index contributed by atoms with van der Waals surface area (Å²) >= 11 is 0. The molecule has 0 radical (unpaired) electrons. The minimum absolute atomic E-state index is 0.0898. The van der Waals surface area contributed by atoms with Gasteiger partial charge in [0.2, 0.25) is 5.78 Å². The van der Waals surface area contributed by atoms with E-state index in [9.17, 15) is 24.1 Å². The summed E-state index contributed by atoms with van der Waals surface area (Å²) in [6.45, 7) is -0.675. The lowest BCUT2D eigenvalue weighted by atomic mass is 10.1. The average molecular weight is 332 g/mol. The second-order valence-electron chi connectivity index (χ2n) is 4.72. The Bertz CT molecular complexity index is 807. The van der Waals surface area contributed by atoms with Gasteiger partial charge in [0.25, 0.3) is 5.69 Å². The number of hydrogen-bond donors (Lipinski definition) is 1. The molecule has 0 spiro atoms. The maximum Gasteiger partial charge on any atom is 0.340 e. The summed E-state index contributed by atoms with van der Waals surface area (Å²) in [4.78, 5) is 34.1. The number of carbonyl (C=O) groups excluding carboxylic acids is 2. The lowest BCUT2D eigenvalue weighted by molar-refractivity contribution is -0.384. The van der Waals surface area contributed by atoms with Gasteiger partial charge >= 0.3 is 5.97 Å². The molecule has 2 aromatic carbocycles. The number of benzene rings is 2. The predicted octanol–water partition coefficient (Wildman–Crippen LogP) is 2.82. The van der Waals surface area contributed by atoms with E-state index in [1.165, 1.54) is 37.4 Å². The molecule has 0 aromatic heterocycles. The highest BCUT2D eigenvalue weighted by molar-refractivity contribution is 6.01. The first-order valence-electron chi connectivity index (χ1n) is 6.85. The molecule has 0 saturated carbocycles. The Hall–Kier alpha value is -3.29. The number of nitrogens with zero attached hydrogens (tertiary/aromatic N) is 1. The van der Waals surface area contributed by atoms with Crippen molar-refractivity contribution in [2.24, 2.45) is 0 Å². The number of anilines is 1. The third-order valence-electron chi connectivity index (χ3n) is 3.21. The highest BCUT2D eigenvalue weighted by atomic mass is 19.1. The summed E-state index contributed by atoms with van der Waals surface area (Å²) in [5, 5.41) is 13.5. The summed E-state index contributed by atoms with van der Waals surface area (Å²) in [5.74, 6) is -2.35. The monoisotopic (exact) mass is 332 g/mol. The number of non-ortho nitro benzene ring substituents is 1. The van der Waals surface area contributed by atoms with Crippen LogP contribution >= 0.6 is 0 Å². The van der Waals surface area contributed by atoms with Gasteiger partial charge in [-0.15, -0.1) is 0 Å². The van der Waals surface area contributed by atoms with Crippen molar-refractivity contribution in [3.63, 3.8) is 0 Å². The second-order valence-corrected chi connectivity index (χ2v) is 4.72. The van der Waals surface area contributed by atoms with Gasteiger partial charge in [0.1, 0.15) is 5.82 Å². The van der Waals surface area contributed by atoms with Crippen LogP contribution in [0.1, 0.15) is 20.7 Å². The zero-order valence-corrected chi connectivity index (χ0v) is 12.6. The number of nitro benzene ring substituents is 1. The number of ether oxygens (including phenoxy) is 1. The molecule has 0 amide bonds. The number of nitro groups is 1. The van der Waals surface area contributed by atoms with Crippen molar-refractivity contribution in [3.8, 4) is 0 Å². The molecule has 0 fully saturated rings. The molecule has 24 heavy (non-hydrogen) atoms. The molecule has 0 aliphatic rings. The van der Waals surface area contributed by atoms with Crippen LogP contribution in [0.4, 0.5) is 15.8 Å². The molecule has 0 aliphatic carbocycles. The SMILES string of the molecule is CNc1ccc([N+](=O)[O-])cc1C(=O)OCC(=O)c1ccccc1F. The molecule has 2 aromatic rings. The van der Waals surface area contributed by atoms with Crippen LogP contribution in [0.5, 0.6) is 0 Å². The van der Waals surface area contributed by atoms with E-state index in [2.05, 4.69) is 5.32 Å². The van der Waals surface area contributed by atoms with Crippen LogP contribution < -0.4 is 5.32 Å². The standard InChI is InChI=1S/C16H13FN2O5/c1-18-14-7-6-10(19(22)23)8-12(14)16(21)24-9-15(20)11-4-2-3-5-13(11)17/h2-8,18H,9H2,1H3. The summed E-state index contributed by atoms with van der Waals surface area (Å²) < 4.78 is 18.4. The Labute approximate surface area is 136 Å². The van der Waals surface area contributed by atoms with Gasteiger partial charge in [0.15, 0.2) is 6.61 Å². The molecule has 7 nitrogen and oxygen atoms in total. The topological polar surface area (TPSA) is 98.5 Å². The molecular weight excluding hydrogens is 319 g/mol. The molecule has 0 saturated heterocycles. The quantitative estimate of drug-likeness (QED) is 0.378. The molecule has 0 unspecified atom stereocenters. The number of hydrogen-bond acceptors (Lipinski definition) is 6. The fraction of sp³-hybridized carbons (Fsp3) is 0.125. The van der Waals surface area contributed by atoms with E-state index < -0.39 is 29.1 Å². The third kappa shape index (κ3) is 3.72. The van der Waals surface area contributed by atoms with E-state index in [1.807, 2.05) is 0 Å². The number of Topliss-reactive ketones (excluding diaryl/α,β-unsaturated/α-hetero) is 1. The van der Waals surface area contributed by atoms with Crippen molar-refractivity contribution >= 4 is 23.1 Å². The fourth-order valence-corrected chi connectivity index (χ4v) is 2.01. The van der Waals surface area contributed by atoms with Gasteiger partial charge in [-0.05, 0) is 18.2 Å². The van der Waals surface area contributed by atoms with Gasteiger partial charge in [-0.3, -0.25) is 14.9 Å². The van der Waals surface area contributed by atoms with Crippen molar-refractivity contribution in [2.45, 2.75) is 0 Å². The Morgan fingerprint density at radius 3 is 2.54 bits per heavy atom. The van der Waals surface area contributed by atoms with Crippen molar-refractivity contribution in [1.82, 2.24) is 0 Å².